The molecule has 7 nitrogen and oxygen atoms in total. The SMILES string of the molecule is COc1ccc(CC(C)(C)NC[C@@H](O)COc2ccc(S(=O)(=O)NCC(Cl)CCl)cc2)cc1. The van der Waals surface area contributed by atoms with Gasteiger partial charge in [-0.2, -0.15) is 0 Å². The van der Waals surface area contributed by atoms with Crippen molar-refractivity contribution in [2.45, 2.75) is 42.2 Å². The maximum absolute atomic E-state index is 12.3. The predicted octanol–water partition coefficient (Wildman–Crippen LogP) is 3.17. The molecule has 0 heterocycles. The number of aliphatic hydroxyl groups is 1. The molecule has 0 radical (unpaired) electrons. The van der Waals surface area contributed by atoms with Crippen LogP contribution >= 0.6 is 23.2 Å². The summed E-state index contributed by atoms with van der Waals surface area (Å²) in [5.74, 6) is 1.42. The molecule has 0 aliphatic carbocycles. The first-order valence-electron chi connectivity index (χ1n) is 10.5. The maximum atomic E-state index is 12.3. The fraction of sp³-hybridized carbons (Fsp3) is 0.478. The summed E-state index contributed by atoms with van der Waals surface area (Å²) in [6, 6.07) is 13.9. The summed E-state index contributed by atoms with van der Waals surface area (Å²) in [6.45, 7) is 4.59. The molecule has 2 rings (SSSR count). The molecule has 0 amide bonds. The van der Waals surface area contributed by atoms with Crippen molar-refractivity contribution in [3.05, 3.63) is 54.1 Å². The number of rotatable bonds is 14. The van der Waals surface area contributed by atoms with Crippen molar-refractivity contribution in [2.24, 2.45) is 0 Å². The summed E-state index contributed by atoms with van der Waals surface area (Å²) in [6.07, 6.45) is 0.0469. The van der Waals surface area contributed by atoms with Gasteiger partial charge in [0.25, 0.3) is 0 Å². The first kappa shape index (κ1) is 27.7. The second kappa shape index (κ2) is 12.8. The Morgan fingerprint density at radius 3 is 2.21 bits per heavy atom. The van der Waals surface area contributed by atoms with E-state index in [1.165, 1.54) is 12.1 Å². The van der Waals surface area contributed by atoms with Crippen LogP contribution in [0.4, 0.5) is 0 Å². The number of benzene rings is 2. The van der Waals surface area contributed by atoms with Gasteiger partial charge in [-0.1, -0.05) is 12.1 Å². The molecule has 0 fully saturated rings. The van der Waals surface area contributed by atoms with Gasteiger partial charge in [0.1, 0.15) is 24.2 Å². The van der Waals surface area contributed by atoms with Gasteiger partial charge in [0.2, 0.25) is 10.0 Å². The second-order valence-corrected chi connectivity index (χ2v) is 11.0. The average molecular weight is 519 g/mol. The number of hydrogen-bond acceptors (Lipinski definition) is 6. The Balaban J connectivity index is 1.79. The van der Waals surface area contributed by atoms with Gasteiger partial charge >= 0.3 is 0 Å². The third kappa shape index (κ3) is 9.68. The summed E-state index contributed by atoms with van der Waals surface area (Å²) < 4.78 is 37.7. The summed E-state index contributed by atoms with van der Waals surface area (Å²) in [5.41, 5.74) is 0.928. The van der Waals surface area contributed by atoms with Crippen LogP contribution in [0.15, 0.2) is 53.4 Å². The summed E-state index contributed by atoms with van der Waals surface area (Å²) in [4.78, 5) is 0.0933. The van der Waals surface area contributed by atoms with Crippen LogP contribution in [0, 0.1) is 0 Å². The average Bonchev–Trinajstić information content (AvgIpc) is 2.80. The van der Waals surface area contributed by atoms with Gasteiger partial charge in [-0.3, -0.25) is 0 Å². The van der Waals surface area contributed by atoms with Gasteiger partial charge in [0.05, 0.1) is 17.4 Å². The van der Waals surface area contributed by atoms with Gasteiger partial charge in [0.15, 0.2) is 0 Å². The molecule has 1 unspecified atom stereocenters. The van der Waals surface area contributed by atoms with E-state index in [4.69, 9.17) is 32.7 Å². The molecule has 33 heavy (non-hydrogen) atoms. The molecule has 0 aliphatic rings. The lowest BCUT2D eigenvalue weighted by molar-refractivity contribution is 0.0988. The molecule has 2 atom stereocenters. The van der Waals surface area contributed by atoms with Crippen molar-refractivity contribution in [1.29, 1.82) is 0 Å². The highest BCUT2D eigenvalue weighted by atomic mass is 35.5. The fourth-order valence-electron chi connectivity index (χ4n) is 3.01. The highest BCUT2D eigenvalue weighted by Gasteiger charge is 2.20. The lowest BCUT2D eigenvalue weighted by Gasteiger charge is -2.28. The van der Waals surface area contributed by atoms with Crippen LogP contribution in [0.5, 0.6) is 11.5 Å². The zero-order valence-corrected chi connectivity index (χ0v) is 21.4. The number of alkyl halides is 2. The van der Waals surface area contributed by atoms with E-state index in [1.54, 1.807) is 19.2 Å². The molecule has 0 saturated carbocycles. The number of nitrogens with one attached hydrogen (secondary N) is 2. The van der Waals surface area contributed by atoms with E-state index in [1.807, 2.05) is 24.3 Å². The van der Waals surface area contributed by atoms with E-state index >= 15 is 0 Å². The lowest BCUT2D eigenvalue weighted by atomic mass is 9.94. The van der Waals surface area contributed by atoms with Gasteiger partial charge in [-0.05, 0) is 62.2 Å². The zero-order chi connectivity index (χ0) is 24.5. The maximum Gasteiger partial charge on any atom is 0.240 e. The standard InChI is InChI=1S/C23H32Cl2N2O5S/c1-23(2,12-17-4-6-20(31-3)7-5-17)26-15-19(28)16-32-21-8-10-22(11-9-21)33(29,30)27-14-18(25)13-24/h4-11,18-19,26-28H,12-16H2,1-3H3/t18?,19-/m1/s1. The van der Waals surface area contributed by atoms with Crippen LogP contribution in [0.25, 0.3) is 0 Å². The Hall–Kier alpha value is -1.55. The van der Waals surface area contributed by atoms with Crippen LogP contribution in [-0.2, 0) is 16.4 Å². The summed E-state index contributed by atoms with van der Waals surface area (Å²) in [7, 11) is -2.05. The minimum absolute atomic E-state index is 0.0413. The van der Waals surface area contributed by atoms with E-state index in [2.05, 4.69) is 23.9 Å². The van der Waals surface area contributed by atoms with Crippen molar-refractivity contribution in [1.82, 2.24) is 10.0 Å². The number of β-amino-alcohol motifs (C(OH)–C–C–N with tert-alkyl or cyclic N) is 1. The van der Waals surface area contributed by atoms with Crippen LogP contribution < -0.4 is 19.5 Å². The van der Waals surface area contributed by atoms with Gasteiger partial charge in [-0.25, -0.2) is 13.1 Å². The van der Waals surface area contributed by atoms with Crippen LogP contribution in [0.1, 0.15) is 19.4 Å². The largest absolute Gasteiger partial charge is 0.497 e. The Morgan fingerprint density at radius 1 is 1.03 bits per heavy atom. The molecule has 2 aromatic rings. The summed E-state index contributed by atoms with van der Waals surface area (Å²) in [5, 5.41) is 13.2. The lowest BCUT2D eigenvalue weighted by Crippen LogP contribution is -2.46. The molecule has 0 bridgehead atoms. The van der Waals surface area contributed by atoms with E-state index in [0.29, 0.717) is 12.3 Å². The predicted molar refractivity (Wildman–Crippen MR) is 132 cm³/mol. The molecule has 0 saturated heterocycles. The van der Waals surface area contributed by atoms with Crippen molar-refractivity contribution < 1.29 is 23.0 Å². The normalized spacial score (nSPS) is 14.0. The Bertz CT molecular complexity index is 954. The Kier molecular flexibility index (Phi) is 10.7. The molecule has 0 aliphatic heterocycles. The van der Waals surface area contributed by atoms with Crippen molar-refractivity contribution in [3.63, 3.8) is 0 Å². The minimum atomic E-state index is -3.68. The topological polar surface area (TPSA) is 96.9 Å². The van der Waals surface area contributed by atoms with Crippen molar-refractivity contribution >= 4 is 33.2 Å². The molecular formula is C23H32Cl2N2O5S. The second-order valence-electron chi connectivity index (χ2n) is 8.33. The van der Waals surface area contributed by atoms with Gasteiger partial charge in [-0.15, -0.1) is 23.2 Å². The quantitative estimate of drug-likeness (QED) is 0.332. The fourth-order valence-corrected chi connectivity index (χ4v) is 4.37. The number of sulfonamides is 1. The highest BCUT2D eigenvalue weighted by molar-refractivity contribution is 7.89. The third-order valence-electron chi connectivity index (χ3n) is 4.86. The Labute approximate surface area is 206 Å². The van der Waals surface area contributed by atoms with Gasteiger partial charge in [0, 0.05) is 24.5 Å². The monoisotopic (exact) mass is 518 g/mol. The number of methoxy groups -OCH3 is 1. The van der Waals surface area contributed by atoms with Crippen LogP contribution in [-0.4, -0.2) is 63.2 Å². The van der Waals surface area contributed by atoms with Crippen LogP contribution in [0.3, 0.4) is 0 Å². The summed E-state index contributed by atoms with van der Waals surface area (Å²) >= 11 is 11.4. The Morgan fingerprint density at radius 2 is 1.64 bits per heavy atom. The molecule has 10 heteroatoms. The van der Waals surface area contributed by atoms with Crippen LogP contribution in [0.2, 0.25) is 0 Å². The highest BCUT2D eigenvalue weighted by Crippen LogP contribution is 2.18. The van der Waals surface area contributed by atoms with E-state index < -0.39 is 21.5 Å². The van der Waals surface area contributed by atoms with E-state index in [0.717, 1.165) is 17.7 Å². The first-order valence-corrected chi connectivity index (χ1v) is 13.0. The van der Waals surface area contributed by atoms with Crippen molar-refractivity contribution in [2.75, 3.05) is 32.7 Å². The molecular weight excluding hydrogens is 487 g/mol. The number of halogens is 2. The number of hydrogen-bond donors (Lipinski definition) is 3. The smallest absolute Gasteiger partial charge is 0.240 e. The minimum Gasteiger partial charge on any atom is -0.497 e. The zero-order valence-electron chi connectivity index (χ0n) is 19.1. The first-order chi connectivity index (χ1) is 15.5. The molecule has 184 valence electrons. The van der Waals surface area contributed by atoms with E-state index in [-0.39, 0.29) is 29.5 Å². The molecule has 0 spiro atoms. The van der Waals surface area contributed by atoms with Crippen molar-refractivity contribution in [3.8, 4) is 11.5 Å². The molecule has 2 aromatic carbocycles. The number of ether oxygens (including phenoxy) is 2. The number of aliphatic hydroxyl groups excluding tert-OH is 1. The van der Waals surface area contributed by atoms with Gasteiger partial charge < -0.3 is 19.9 Å². The molecule has 0 aromatic heterocycles. The third-order valence-corrected chi connectivity index (χ3v) is 7.14. The van der Waals surface area contributed by atoms with E-state index in [9.17, 15) is 13.5 Å². The molecule has 3 N–H and O–H groups in total.